The highest BCUT2D eigenvalue weighted by Crippen LogP contribution is 2.24. The molecule has 0 spiro atoms. The third-order valence-corrected chi connectivity index (χ3v) is 4.78. The van der Waals surface area contributed by atoms with Crippen molar-refractivity contribution in [2.45, 2.75) is 33.0 Å². The number of ether oxygens (including phenoxy) is 1. The largest absolute Gasteiger partial charge is 0.374 e. The Bertz CT molecular complexity index is 828. The Labute approximate surface area is 158 Å². The zero-order valence-corrected chi connectivity index (χ0v) is 15.9. The minimum Gasteiger partial charge on any atom is -0.374 e. The van der Waals surface area contributed by atoms with Crippen LogP contribution in [-0.4, -0.2) is 17.3 Å². The van der Waals surface area contributed by atoms with E-state index in [2.05, 4.69) is 53.6 Å². The van der Waals surface area contributed by atoms with Crippen molar-refractivity contribution < 1.29 is 4.74 Å². The lowest BCUT2D eigenvalue weighted by atomic mass is 10.1. The molecule has 3 rings (SSSR count). The number of rotatable bonds is 8. The second kappa shape index (κ2) is 9.27. The van der Waals surface area contributed by atoms with Crippen LogP contribution in [0.3, 0.4) is 0 Å². The van der Waals surface area contributed by atoms with Gasteiger partial charge in [0.2, 0.25) is 5.13 Å². The third-order valence-electron chi connectivity index (χ3n) is 4.04. The molecule has 1 aromatic heterocycles. The molecule has 5 heteroatoms. The number of thiazole rings is 1. The molecule has 0 aliphatic rings. The highest BCUT2D eigenvalue weighted by atomic mass is 32.1. The molecule has 4 nitrogen and oxygen atoms in total. The summed E-state index contributed by atoms with van der Waals surface area (Å²) < 4.78 is 5.74. The molecule has 26 heavy (non-hydrogen) atoms. The van der Waals surface area contributed by atoms with E-state index in [1.807, 2.05) is 35.7 Å². The summed E-state index contributed by atoms with van der Waals surface area (Å²) >= 11 is 1.54. The summed E-state index contributed by atoms with van der Waals surface area (Å²) in [5.41, 5.74) is 7.26. The maximum atomic E-state index is 5.74. The zero-order valence-electron chi connectivity index (χ0n) is 15.1. The van der Waals surface area contributed by atoms with Gasteiger partial charge in [0, 0.05) is 10.9 Å². The van der Waals surface area contributed by atoms with E-state index in [4.69, 9.17) is 4.74 Å². The van der Waals surface area contributed by atoms with E-state index in [0.717, 1.165) is 28.4 Å². The Balaban J connectivity index is 1.53. The summed E-state index contributed by atoms with van der Waals surface area (Å²) in [6, 6.07) is 18.3. The lowest BCUT2D eigenvalue weighted by molar-refractivity contribution is 0.0508. The van der Waals surface area contributed by atoms with Crippen molar-refractivity contribution in [3.63, 3.8) is 0 Å². The van der Waals surface area contributed by atoms with E-state index in [1.165, 1.54) is 5.56 Å². The minimum absolute atomic E-state index is 0.291. The Kier molecular flexibility index (Phi) is 6.52. The van der Waals surface area contributed by atoms with Gasteiger partial charge in [0.25, 0.3) is 0 Å². The molecule has 0 saturated carbocycles. The number of hydrogen-bond acceptors (Lipinski definition) is 5. The van der Waals surface area contributed by atoms with Gasteiger partial charge >= 0.3 is 0 Å². The normalized spacial score (nSPS) is 12.4. The fourth-order valence-corrected chi connectivity index (χ4v) is 2.95. The van der Waals surface area contributed by atoms with Crippen molar-refractivity contribution in [2.75, 3.05) is 5.43 Å². The average molecular weight is 366 g/mol. The summed E-state index contributed by atoms with van der Waals surface area (Å²) in [4.78, 5) is 4.55. The Morgan fingerprint density at radius 1 is 1.15 bits per heavy atom. The van der Waals surface area contributed by atoms with Gasteiger partial charge < -0.3 is 4.74 Å². The van der Waals surface area contributed by atoms with Crippen LogP contribution in [0.25, 0.3) is 11.3 Å². The first-order valence-corrected chi connectivity index (χ1v) is 9.63. The van der Waals surface area contributed by atoms with Crippen LogP contribution in [0.5, 0.6) is 0 Å². The molecule has 2 aromatic carbocycles. The number of aromatic nitrogens is 1. The lowest BCUT2D eigenvalue weighted by Crippen LogP contribution is -2.05. The molecule has 1 heterocycles. The summed E-state index contributed by atoms with van der Waals surface area (Å²) in [6.45, 7) is 4.86. The Morgan fingerprint density at radius 2 is 1.92 bits per heavy atom. The molecule has 0 saturated heterocycles. The number of nitrogens with one attached hydrogen (secondary N) is 1. The fourth-order valence-electron chi connectivity index (χ4n) is 2.28. The Hall–Kier alpha value is -2.50. The summed E-state index contributed by atoms with van der Waals surface area (Å²) in [5, 5.41) is 7.08. The molecule has 0 amide bonds. The number of anilines is 1. The van der Waals surface area contributed by atoms with Gasteiger partial charge in [-0.05, 0) is 24.5 Å². The van der Waals surface area contributed by atoms with Crippen LogP contribution in [0.1, 0.15) is 31.4 Å². The van der Waals surface area contributed by atoms with Crippen molar-refractivity contribution in [1.82, 2.24) is 4.98 Å². The van der Waals surface area contributed by atoms with Gasteiger partial charge in [-0.25, -0.2) is 4.98 Å². The van der Waals surface area contributed by atoms with Gasteiger partial charge in [0.05, 0.1) is 24.6 Å². The van der Waals surface area contributed by atoms with Gasteiger partial charge in [-0.15, -0.1) is 11.3 Å². The van der Waals surface area contributed by atoms with Gasteiger partial charge in [-0.2, -0.15) is 5.10 Å². The van der Waals surface area contributed by atoms with Crippen molar-refractivity contribution in [3.8, 4) is 11.3 Å². The van der Waals surface area contributed by atoms with Crippen molar-refractivity contribution >= 4 is 22.7 Å². The highest BCUT2D eigenvalue weighted by molar-refractivity contribution is 7.14. The van der Waals surface area contributed by atoms with Gasteiger partial charge in [0.15, 0.2) is 0 Å². The molecule has 1 N–H and O–H groups in total. The first kappa shape index (κ1) is 18.3. The van der Waals surface area contributed by atoms with E-state index in [1.54, 1.807) is 17.6 Å². The molecular formula is C21H23N3OS. The van der Waals surface area contributed by atoms with E-state index in [0.29, 0.717) is 12.7 Å². The van der Waals surface area contributed by atoms with Crippen molar-refractivity contribution in [1.29, 1.82) is 0 Å². The summed E-state index contributed by atoms with van der Waals surface area (Å²) in [7, 11) is 0. The first-order chi connectivity index (χ1) is 12.7. The SMILES string of the molecule is CCC(C)OCc1ccc(C=NNc2nc(-c3ccccc3)cs2)cc1. The average Bonchev–Trinajstić information content (AvgIpc) is 3.17. The maximum absolute atomic E-state index is 5.74. The zero-order chi connectivity index (χ0) is 18.2. The van der Waals surface area contributed by atoms with Crippen molar-refractivity contribution in [3.05, 3.63) is 71.1 Å². The fraction of sp³-hybridized carbons (Fsp3) is 0.238. The monoisotopic (exact) mass is 365 g/mol. The third kappa shape index (κ3) is 5.25. The molecule has 1 atom stereocenters. The molecule has 1 unspecified atom stereocenters. The second-order valence-corrected chi connectivity index (χ2v) is 6.90. The van der Waals surface area contributed by atoms with Gasteiger partial charge in [-0.3, -0.25) is 5.43 Å². The van der Waals surface area contributed by atoms with E-state index >= 15 is 0 Å². The molecule has 0 fully saturated rings. The predicted molar refractivity (Wildman–Crippen MR) is 110 cm³/mol. The smallest absolute Gasteiger partial charge is 0.203 e. The van der Waals surface area contributed by atoms with Crippen LogP contribution < -0.4 is 5.43 Å². The highest BCUT2D eigenvalue weighted by Gasteiger charge is 2.03. The molecule has 3 aromatic rings. The summed E-state index contributed by atoms with van der Waals surface area (Å²) in [5.74, 6) is 0. The quantitative estimate of drug-likeness (QED) is 0.419. The van der Waals surface area contributed by atoms with Crippen molar-refractivity contribution in [2.24, 2.45) is 5.10 Å². The molecule has 134 valence electrons. The van der Waals surface area contributed by atoms with E-state index in [-0.39, 0.29) is 0 Å². The van der Waals surface area contributed by atoms with Gasteiger partial charge in [-0.1, -0.05) is 61.5 Å². The number of benzene rings is 2. The van der Waals surface area contributed by atoms with Crippen LogP contribution in [0, 0.1) is 0 Å². The van der Waals surface area contributed by atoms with Crippen LogP contribution in [0.2, 0.25) is 0 Å². The molecule has 0 aliphatic carbocycles. The number of hydrazone groups is 1. The van der Waals surface area contributed by atoms with Crippen LogP contribution >= 0.6 is 11.3 Å². The maximum Gasteiger partial charge on any atom is 0.203 e. The number of hydrogen-bond donors (Lipinski definition) is 1. The lowest BCUT2D eigenvalue weighted by Gasteiger charge is -2.10. The predicted octanol–water partition coefficient (Wildman–Crippen LogP) is 5.57. The van der Waals surface area contributed by atoms with E-state index in [9.17, 15) is 0 Å². The van der Waals surface area contributed by atoms with Crippen LogP contribution in [-0.2, 0) is 11.3 Å². The first-order valence-electron chi connectivity index (χ1n) is 8.75. The van der Waals surface area contributed by atoms with Crippen LogP contribution in [0.15, 0.2) is 65.1 Å². The molecule has 0 radical (unpaired) electrons. The standard InChI is InChI=1S/C21H23N3OS/c1-3-16(2)25-14-18-11-9-17(10-12-18)13-22-24-21-23-20(15-26-21)19-7-5-4-6-8-19/h4-13,15-16H,3,14H2,1-2H3,(H,23,24). The molecule has 0 bridgehead atoms. The van der Waals surface area contributed by atoms with E-state index < -0.39 is 0 Å². The topological polar surface area (TPSA) is 46.5 Å². The minimum atomic E-state index is 0.291. The van der Waals surface area contributed by atoms with Gasteiger partial charge in [0.1, 0.15) is 0 Å². The molecular weight excluding hydrogens is 342 g/mol. The second-order valence-electron chi connectivity index (χ2n) is 6.05. The van der Waals surface area contributed by atoms with Crippen LogP contribution in [0.4, 0.5) is 5.13 Å². The summed E-state index contributed by atoms with van der Waals surface area (Å²) in [6.07, 6.45) is 3.11. The molecule has 0 aliphatic heterocycles. The Morgan fingerprint density at radius 3 is 2.65 bits per heavy atom. The number of nitrogens with zero attached hydrogens (tertiary/aromatic N) is 2.